The zero-order valence-corrected chi connectivity index (χ0v) is 15.7. The van der Waals surface area contributed by atoms with Crippen LogP contribution < -0.4 is 0 Å². The summed E-state index contributed by atoms with van der Waals surface area (Å²) >= 11 is 0. The summed E-state index contributed by atoms with van der Waals surface area (Å²) in [5.74, 6) is -4.22. The zero-order chi connectivity index (χ0) is 19.3. The SMILES string of the molecule is CCOC(=O)C1(C(=O)OCC)COC(C)(C(C(=O)OC)C(C)C)OC1. The van der Waals surface area contributed by atoms with Gasteiger partial charge in [0.2, 0.25) is 5.41 Å². The van der Waals surface area contributed by atoms with Crippen molar-refractivity contribution in [2.75, 3.05) is 33.5 Å². The highest BCUT2D eigenvalue weighted by atomic mass is 16.7. The molecule has 0 spiro atoms. The molecule has 0 radical (unpaired) electrons. The lowest BCUT2D eigenvalue weighted by molar-refractivity contribution is -0.315. The van der Waals surface area contributed by atoms with Gasteiger partial charge in [-0.1, -0.05) is 13.8 Å². The van der Waals surface area contributed by atoms with E-state index >= 15 is 0 Å². The molecule has 1 saturated heterocycles. The van der Waals surface area contributed by atoms with Crippen LogP contribution in [0.3, 0.4) is 0 Å². The van der Waals surface area contributed by atoms with Crippen molar-refractivity contribution in [3.05, 3.63) is 0 Å². The minimum atomic E-state index is -1.71. The van der Waals surface area contributed by atoms with Gasteiger partial charge in [-0.25, -0.2) is 0 Å². The molecule has 0 aromatic rings. The van der Waals surface area contributed by atoms with Crippen molar-refractivity contribution in [1.29, 1.82) is 0 Å². The highest BCUT2D eigenvalue weighted by Gasteiger charge is 2.58. The van der Waals surface area contributed by atoms with Gasteiger partial charge in [0.05, 0.1) is 33.5 Å². The Hall–Kier alpha value is -1.67. The first-order valence-corrected chi connectivity index (χ1v) is 8.38. The Morgan fingerprint density at radius 1 is 1.00 bits per heavy atom. The molecule has 8 heteroatoms. The maximum absolute atomic E-state index is 12.4. The van der Waals surface area contributed by atoms with Gasteiger partial charge in [0, 0.05) is 0 Å². The summed E-state index contributed by atoms with van der Waals surface area (Å²) < 4.78 is 26.3. The minimum absolute atomic E-state index is 0.105. The lowest BCUT2D eigenvalue weighted by atomic mass is 9.84. The second kappa shape index (κ2) is 8.62. The van der Waals surface area contributed by atoms with Gasteiger partial charge < -0.3 is 23.7 Å². The zero-order valence-electron chi connectivity index (χ0n) is 15.7. The maximum atomic E-state index is 12.4. The molecule has 8 nitrogen and oxygen atoms in total. The van der Waals surface area contributed by atoms with E-state index in [1.807, 2.05) is 13.8 Å². The predicted octanol–water partition coefficient (Wildman–Crippen LogP) is 1.31. The molecule has 1 fully saturated rings. The number of rotatable bonds is 7. The molecular weight excluding hydrogens is 332 g/mol. The third kappa shape index (κ3) is 4.30. The van der Waals surface area contributed by atoms with Gasteiger partial charge in [0.25, 0.3) is 0 Å². The van der Waals surface area contributed by atoms with Gasteiger partial charge in [-0.3, -0.25) is 14.4 Å². The Balaban J connectivity index is 3.09. The number of hydrogen-bond acceptors (Lipinski definition) is 8. The molecule has 0 amide bonds. The van der Waals surface area contributed by atoms with Gasteiger partial charge in [0.1, 0.15) is 5.92 Å². The van der Waals surface area contributed by atoms with E-state index in [1.54, 1.807) is 20.8 Å². The van der Waals surface area contributed by atoms with Crippen LogP contribution in [0.4, 0.5) is 0 Å². The topological polar surface area (TPSA) is 97.4 Å². The molecule has 1 atom stereocenters. The molecule has 1 heterocycles. The third-order valence-electron chi connectivity index (χ3n) is 4.23. The van der Waals surface area contributed by atoms with Crippen LogP contribution >= 0.6 is 0 Å². The fourth-order valence-corrected chi connectivity index (χ4v) is 2.87. The standard InChI is InChI=1S/C17H28O8/c1-7-22-14(19)17(15(20)23-8-2)9-24-16(5,25-10-17)12(11(3)4)13(18)21-6/h11-12H,7-10H2,1-6H3. The van der Waals surface area contributed by atoms with Crippen LogP contribution in [-0.4, -0.2) is 57.2 Å². The Labute approximate surface area is 148 Å². The van der Waals surface area contributed by atoms with Gasteiger partial charge in [0.15, 0.2) is 5.79 Å². The molecule has 0 aromatic heterocycles. The Kier molecular flexibility index (Phi) is 7.37. The molecule has 1 rings (SSSR count). The number of carbonyl (C=O) groups is 3. The first kappa shape index (κ1) is 21.4. The Morgan fingerprint density at radius 2 is 1.44 bits per heavy atom. The molecule has 0 aliphatic carbocycles. The van der Waals surface area contributed by atoms with Gasteiger partial charge in [-0.05, 0) is 26.7 Å². The average molecular weight is 360 g/mol. The summed E-state index contributed by atoms with van der Waals surface area (Å²) in [6, 6.07) is 0. The average Bonchev–Trinajstić information content (AvgIpc) is 2.55. The Morgan fingerprint density at radius 3 is 1.76 bits per heavy atom. The summed E-state index contributed by atoms with van der Waals surface area (Å²) in [5, 5.41) is 0. The van der Waals surface area contributed by atoms with Crippen LogP contribution in [-0.2, 0) is 38.1 Å². The van der Waals surface area contributed by atoms with Crippen molar-refractivity contribution in [3.63, 3.8) is 0 Å². The van der Waals surface area contributed by atoms with Crippen LogP contribution in [0.5, 0.6) is 0 Å². The van der Waals surface area contributed by atoms with Gasteiger partial charge in [-0.15, -0.1) is 0 Å². The van der Waals surface area contributed by atoms with E-state index in [2.05, 4.69) is 0 Å². The minimum Gasteiger partial charge on any atom is -0.469 e. The monoisotopic (exact) mass is 360 g/mol. The highest BCUT2D eigenvalue weighted by Crippen LogP contribution is 2.39. The van der Waals surface area contributed by atoms with Crippen LogP contribution in [0.1, 0.15) is 34.6 Å². The fraction of sp³-hybridized carbons (Fsp3) is 0.824. The third-order valence-corrected chi connectivity index (χ3v) is 4.23. The van der Waals surface area contributed by atoms with E-state index in [4.69, 9.17) is 23.7 Å². The number of hydrogen-bond donors (Lipinski definition) is 0. The number of carbonyl (C=O) groups excluding carboxylic acids is 3. The van der Waals surface area contributed by atoms with Crippen molar-refractivity contribution >= 4 is 17.9 Å². The first-order chi connectivity index (χ1) is 11.7. The second-order valence-corrected chi connectivity index (χ2v) is 6.36. The second-order valence-electron chi connectivity index (χ2n) is 6.36. The molecule has 25 heavy (non-hydrogen) atoms. The maximum Gasteiger partial charge on any atom is 0.328 e. The molecule has 0 N–H and O–H groups in total. The summed E-state index contributed by atoms with van der Waals surface area (Å²) in [5.41, 5.74) is -1.71. The summed E-state index contributed by atoms with van der Waals surface area (Å²) in [4.78, 5) is 36.9. The lowest BCUT2D eigenvalue weighted by Crippen LogP contribution is -2.60. The van der Waals surface area contributed by atoms with Crippen molar-refractivity contribution in [2.24, 2.45) is 17.3 Å². The quantitative estimate of drug-likeness (QED) is 0.381. The summed E-state index contributed by atoms with van der Waals surface area (Å²) in [6.07, 6.45) is 0. The van der Waals surface area contributed by atoms with E-state index in [9.17, 15) is 14.4 Å². The van der Waals surface area contributed by atoms with Gasteiger partial charge >= 0.3 is 17.9 Å². The largest absolute Gasteiger partial charge is 0.469 e. The molecule has 0 bridgehead atoms. The summed E-state index contributed by atoms with van der Waals surface area (Å²) in [6.45, 7) is 8.13. The van der Waals surface area contributed by atoms with Crippen LogP contribution in [0.15, 0.2) is 0 Å². The van der Waals surface area contributed by atoms with E-state index in [1.165, 1.54) is 7.11 Å². The lowest BCUT2D eigenvalue weighted by Gasteiger charge is -2.45. The van der Waals surface area contributed by atoms with E-state index in [0.29, 0.717) is 0 Å². The number of methoxy groups -OCH3 is 1. The molecule has 1 aliphatic heterocycles. The molecule has 144 valence electrons. The number of esters is 3. The fourth-order valence-electron chi connectivity index (χ4n) is 2.87. The smallest absolute Gasteiger partial charge is 0.328 e. The van der Waals surface area contributed by atoms with Gasteiger partial charge in [-0.2, -0.15) is 0 Å². The van der Waals surface area contributed by atoms with E-state index in [-0.39, 0.29) is 32.3 Å². The van der Waals surface area contributed by atoms with Crippen LogP contribution in [0.25, 0.3) is 0 Å². The molecule has 1 aliphatic rings. The first-order valence-electron chi connectivity index (χ1n) is 8.38. The predicted molar refractivity (Wildman–Crippen MR) is 86.4 cm³/mol. The van der Waals surface area contributed by atoms with E-state index < -0.39 is 35.0 Å². The van der Waals surface area contributed by atoms with E-state index in [0.717, 1.165) is 0 Å². The molecule has 0 saturated carbocycles. The van der Waals surface area contributed by atoms with Crippen molar-refractivity contribution in [1.82, 2.24) is 0 Å². The summed E-state index contributed by atoms with van der Waals surface area (Å²) in [7, 11) is 1.28. The van der Waals surface area contributed by atoms with Crippen LogP contribution in [0.2, 0.25) is 0 Å². The highest BCUT2D eigenvalue weighted by molar-refractivity contribution is 6.00. The molecular formula is C17H28O8. The molecule has 0 aromatic carbocycles. The van der Waals surface area contributed by atoms with Crippen molar-refractivity contribution in [3.8, 4) is 0 Å². The molecule has 1 unspecified atom stereocenters. The van der Waals surface area contributed by atoms with Crippen molar-refractivity contribution < 1.29 is 38.1 Å². The number of ether oxygens (including phenoxy) is 5. The van der Waals surface area contributed by atoms with Crippen molar-refractivity contribution in [2.45, 2.75) is 40.4 Å². The normalized spacial score (nSPS) is 19.8. The van der Waals surface area contributed by atoms with Crippen LogP contribution in [0, 0.1) is 17.3 Å². The Bertz CT molecular complexity index is 471.